The molecule has 0 unspecified atom stereocenters. The van der Waals surface area contributed by atoms with E-state index in [1.165, 1.54) is 35.2 Å². The number of hydrogen-bond acceptors (Lipinski definition) is 5. The van der Waals surface area contributed by atoms with Gasteiger partial charge in [-0.1, -0.05) is 30.1 Å². The fraction of sp³-hybridized carbons (Fsp3) is 0.348. The molecule has 182 valence electrons. The Morgan fingerprint density at radius 1 is 1.21 bits per heavy atom. The molecule has 0 fully saturated rings. The van der Waals surface area contributed by atoms with Gasteiger partial charge in [-0.25, -0.2) is 4.79 Å². The van der Waals surface area contributed by atoms with Gasteiger partial charge in [0.05, 0.1) is 17.6 Å². The molecular formula is C23H22ClF3N2O5. The van der Waals surface area contributed by atoms with E-state index in [9.17, 15) is 22.8 Å². The Bertz CT molecular complexity index is 1210. The van der Waals surface area contributed by atoms with E-state index in [1.807, 2.05) is 6.92 Å². The van der Waals surface area contributed by atoms with E-state index in [2.05, 4.69) is 5.16 Å². The predicted octanol–water partition coefficient (Wildman–Crippen LogP) is 5.69. The molecule has 11 heteroatoms. The molecule has 1 heterocycles. The molecule has 0 radical (unpaired) electrons. The normalized spacial score (nSPS) is 11.6. The Kier molecular flexibility index (Phi) is 7.71. The van der Waals surface area contributed by atoms with Crippen molar-refractivity contribution >= 4 is 34.4 Å². The van der Waals surface area contributed by atoms with Gasteiger partial charge in [0.25, 0.3) is 5.91 Å². The zero-order chi connectivity index (χ0) is 25.0. The van der Waals surface area contributed by atoms with Gasteiger partial charge in [0.15, 0.2) is 11.3 Å². The molecule has 1 amide bonds. The first-order valence-corrected chi connectivity index (χ1v) is 10.8. The van der Waals surface area contributed by atoms with Crippen LogP contribution >= 0.6 is 11.6 Å². The zero-order valence-electron chi connectivity index (χ0n) is 18.4. The van der Waals surface area contributed by atoms with Gasteiger partial charge >= 0.3 is 12.1 Å². The number of amides is 1. The second kappa shape index (κ2) is 10.3. The Hall–Kier alpha value is -3.27. The molecule has 0 aliphatic carbocycles. The van der Waals surface area contributed by atoms with Crippen molar-refractivity contribution in [3.63, 3.8) is 0 Å². The molecule has 3 aromatic rings. The zero-order valence-corrected chi connectivity index (χ0v) is 19.2. The van der Waals surface area contributed by atoms with Crippen LogP contribution in [0.4, 0.5) is 13.2 Å². The highest BCUT2D eigenvalue weighted by Gasteiger charge is 2.37. The second-order valence-electron chi connectivity index (χ2n) is 7.66. The van der Waals surface area contributed by atoms with Crippen LogP contribution in [0.5, 0.6) is 5.75 Å². The summed E-state index contributed by atoms with van der Waals surface area (Å²) in [5.74, 6) is -1.20. The predicted molar refractivity (Wildman–Crippen MR) is 118 cm³/mol. The minimum Gasteiger partial charge on any atom is -0.493 e. The smallest absolute Gasteiger partial charge is 0.437 e. The molecule has 0 saturated heterocycles. The molecule has 2 aromatic carbocycles. The van der Waals surface area contributed by atoms with Crippen molar-refractivity contribution in [1.29, 1.82) is 0 Å². The van der Waals surface area contributed by atoms with E-state index in [1.54, 1.807) is 7.05 Å². The van der Waals surface area contributed by atoms with Crippen molar-refractivity contribution in [1.82, 2.24) is 10.1 Å². The number of halogens is 4. The lowest BCUT2D eigenvalue weighted by molar-refractivity contribution is -0.141. The molecule has 1 aromatic heterocycles. The maximum Gasteiger partial charge on any atom is 0.437 e. The number of rotatable bonds is 9. The number of alkyl halides is 3. The number of carboxylic acids is 1. The highest BCUT2D eigenvalue weighted by Crippen LogP contribution is 2.38. The first-order valence-electron chi connectivity index (χ1n) is 10.4. The van der Waals surface area contributed by atoms with Crippen molar-refractivity contribution in [3.8, 4) is 5.75 Å². The van der Waals surface area contributed by atoms with Crippen LogP contribution in [0.1, 0.15) is 51.7 Å². The van der Waals surface area contributed by atoms with E-state index in [0.717, 1.165) is 0 Å². The molecule has 0 aliphatic rings. The van der Waals surface area contributed by atoms with Crippen molar-refractivity contribution < 1.29 is 37.1 Å². The van der Waals surface area contributed by atoms with Gasteiger partial charge < -0.3 is 19.3 Å². The minimum absolute atomic E-state index is 0.0501. The molecular weight excluding hydrogens is 477 g/mol. The molecule has 1 N–H and O–H groups in total. The Labute approximate surface area is 198 Å². The van der Waals surface area contributed by atoms with E-state index in [4.69, 9.17) is 26.0 Å². The van der Waals surface area contributed by atoms with E-state index < -0.39 is 23.7 Å². The average Bonchev–Trinajstić information content (AvgIpc) is 3.21. The molecule has 7 nitrogen and oxygen atoms in total. The SMILES string of the molecule is CCCc1c(OCCCN(C)C(=O)c2cc(Cl)cc(C(=O)O)c2)ccc2c(C(F)(F)F)noc12. The third-order valence-corrected chi connectivity index (χ3v) is 5.32. The summed E-state index contributed by atoms with van der Waals surface area (Å²) in [6.07, 6.45) is -3.10. The largest absolute Gasteiger partial charge is 0.493 e. The molecule has 34 heavy (non-hydrogen) atoms. The number of fused-ring (bicyclic) bond motifs is 1. The van der Waals surface area contributed by atoms with E-state index in [0.29, 0.717) is 37.1 Å². The standard InChI is InChI=1S/C23H22ClF3N2O5/c1-3-5-16-18(7-6-17-19(16)34-28-20(17)23(25,26)27)33-9-4-8-29(2)21(30)13-10-14(22(31)32)12-15(24)11-13/h6-7,10-12H,3-5,8-9H2,1-2H3,(H,31,32). The second-order valence-corrected chi connectivity index (χ2v) is 8.10. The summed E-state index contributed by atoms with van der Waals surface area (Å²) in [4.78, 5) is 25.2. The summed E-state index contributed by atoms with van der Waals surface area (Å²) in [5.41, 5.74) is -0.456. The molecule has 0 atom stereocenters. The monoisotopic (exact) mass is 498 g/mol. The third kappa shape index (κ3) is 5.61. The number of carboxylic acid groups (broad SMARTS) is 1. The highest BCUT2D eigenvalue weighted by molar-refractivity contribution is 6.31. The average molecular weight is 499 g/mol. The lowest BCUT2D eigenvalue weighted by atomic mass is 10.0. The summed E-state index contributed by atoms with van der Waals surface area (Å²) >= 11 is 5.92. The van der Waals surface area contributed by atoms with Crippen LogP contribution in [0, 0.1) is 0 Å². The summed E-state index contributed by atoms with van der Waals surface area (Å²) in [5, 5.41) is 12.4. The van der Waals surface area contributed by atoms with Crippen LogP contribution in [-0.4, -0.2) is 47.2 Å². The van der Waals surface area contributed by atoms with Crippen LogP contribution in [0.25, 0.3) is 11.0 Å². The van der Waals surface area contributed by atoms with Crippen LogP contribution in [0.3, 0.4) is 0 Å². The summed E-state index contributed by atoms with van der Waals surface area (Å²) in [7, 11) is 1.56. The van der Waals surface area contributed by atoms with Crippen LogP contribution in [0.15, 0.2) is 34.9 Å². The Morgan fingerprint density at radius 2 is 1.91 bits per heavy atom. The first-order chi connectivity index (χ1) is 16.0. The number of carbonyl (C=O) groups is 2. The van der Waals surface area contributed by atoms with Crippen molar-refractivity contribution in [2.45, 2.75) is 32.4 Å². The van der Waals surface area contributed by atoms with Gasteiger partial charge in [0.1, 0.15) is 5.75 Å². The summed E-state index contributed by atoms with van der Waals surface area (Å²) in [6.45, 7) is 2.37. The van der Waals surface area contributed by atoms with Crippen LogP contribution in [0.2, 0.25) is 5.02 Å². The number of aryl methyl sites for hydroxylation is 1. The third-order valence-electron chi connectivity index (χ3n) is 5.10. The van der Waals surface area contributed by atoms with Gasteiger partial charge in [-0.05, 0) is 43.2 Å². The number of benzene rings is 2. The quantitative estimate of drug-likeness (QED) is 0.381. The van der Waals surface area contributed by atoms with Crippen molar-refractivity contribution in [2.75, 3.05) is 20.2 Å². The number of carbonyl (C=O) groups excluding carboxylic acids is 1. The Morgan fingerprint density at radius 3 is 2.56 bits per heavy atom. The fourth-order valence-corrected chi connectivity index (χ4v) is 3.74. The summed E-state index contributed by atoms with van der Waals surface area (Å²) in [6, 6.07) is 6.64. The fourth-order valence-electron chi connectivity index (χ4n) is 3.51. The molecule has 3 rings (SSSR count). The highest BCUT2D eigenvalue weighted by atomic mass is 35.5. The van der Waals surface area contributed by atoms with E-state index >= 15 is 0 Å². The molecule has 0 saturated carbocycles. The van der Waals surface area contributed by atoms with Gasteiger partial charge in [-0.15, -0.1) is 0 Å². The summed E-state index contributed by atoms with van der Waals surface area (Å²) < 4.78 is 50.2. The minimum atomic E-state index is -4.62. The number of ether oxygens (including phenoxy) is 1. The Balaban J connectivity index is 1.66. The maximum absolute atomic E-state index is 13.1. The number of aromatic nitrogens is 1. The van der Waals surface area contributed by atoms with Gasteiger partial charge in [-0.2, -0.15) is 13.2 Å². The molecule has 0 aliphatic heterocycles. The van der Waals surface area contributed by atoms with Crippen molar-refractivity contribution in [3.05, 3.63) is 57.7 Å². The van der Waals surface area contributed by atoms with Crippen LogP contribution < -0.4 is 4.74 Å². The topological polar surface area (TPSA) is 92.9 Å². The van der Waals surface area contributed by atoms with Gasteiger partial charge in [0.2, 0.25) is 0 Å². The van der Waals surface area contributed by atoms with Crippen molar-refractivity contribution in [2.24, 2.45) is 0 Å². The lowest BCUT2D eigenvalue weighted by Gasteiger charge is -2.18. The molecule has 0 bridgehead atoms. The van der Waals surface area contributed by atoms with Gasteiger partial charge in [0, 0.05) is 29.7 Å². The first kappa shape index (κ1) is 25.4. The molecule has 0 spiro atoms. The van der Waals surface area contributed by atoms with Crippen LogP contribution in [-0.2, 0) is 12.6 Å². The lowest BCUT2D eigenvalue weighted by Crippen LogP contribution is -2.29. The number of aromatic carboxylic acids is 1. The maximum atomic E-state index is 13.1. The van der Waals surface area contributed by atoms with Gasteiger partial charge in [-0.3, -0.25) is 4.79 Å². The number of hydrogen-bond donors (Lipinski definition) is 1. The number of nitrogens with zero attached hydrogens (tertiary/aromatic N) is 2. The van der Waals surface area contributed by atoms with E-state index in [-0.39, 0.29) is 33.7 Å².